The first-order valence-corrected chi connectivity index (χ1v) is 5.50. The number of hydrogen-bond acceptors (Lipinski definition) is 2. The van der Waals surface area contributed by atoms with Crippen LogP contribution in [0.5, 0.6) is 5.75 Å². The minimum Gasteiger partial charge on any atom is -0.487 e. The maximum absolute atomic E-state index is 5.75. The van der Waals surface area contributed by atoms with Gasteiger partial charge in [-0.25, -0.2) is 0 Å². The summed E-state index contributed by atoms with van der Waals surface area (Å²) in [6.45, 7) is 2.68. The normalized spacial score (nSPS) is 10.1. The summed E-state index contributed by atoms with van der Waals surface area (Å²) in [5.74, 6) is 0.883. The fourth-order valence-corrected chi connectivity index (χ4v) is 1.56. The van der Waals surface area contributed by atoms with E-state index in [2.05, 4.69) is 24.0 Å². The van der Waals surface area contributed by atoms with Crippen LogP contribution in [0.4, 0.5) is 0 Å². The Labute approximate surface area is 95.9 Å². The summed E-state index contributed by atoms with van der Waals surface area (Å²) < 4.78 is 5.75. The second-order valence-corrected chi connectivity index (χ2v) is 3.58. The van der Waals surface area contributed by atoms with Gasteiger partial charge in [0.1, 0.15) is 12.4 Å². The lowest BCUT2D eigenvalue weighted by molar-refractivity contribution is 0.301. The molecule has 0 aliphatic carbocycles. The molecule has 0 spiro atoms. The van der Waals surface area contributed by atoms with Gasteiger partial charge in [-0.1, -0.05) is 37.3 Å². The van der Waals surface area contributed by atoms with Crippen molar-refractivity contribution < 1.29 is 4.74 Å². The number of aromatic nitrogens is 1. The molecule has 0 N–H and O–H groups in total. The average molecular weight is 213 g/mol. The smallest absolute Gasteiger partial charge is 0.141 e. The average Bonchev–Trinajstić information content (AvgIpc) is 2.38. The number of nitrogens with zero attached hydrogens (tertiary/aromatic N) is 1. The van der Waals surface area contributed by atoms with Crippen LogP contribution in [-0.4, -0.2) is 4.98 Å². The van der Waals surface area contributed by atoms with Crippen molar-refractivity contribution >= 4 is 0 Å². The van der Waals surface area contributed by atoms with Gasteiger partial charge in [-0.2, -0.15) is 0 Å². The van der Waals surface area contributed by atoms with E-state index >= 15 is 0 Å². The third-order valence-electron chi connectivity index (χ3n) is 2.42. The number of pyridine rings is 1. The summed E-state index contributed by atoms with van der Waals surface area (Å²) in [5.41, 5.74) is 2.19. The zero-order chi connectivity index (χ0) is 11.2. The van der Waals surface area contributed by atoms with Gasteiger partial charge in [-0.05, 0) is 24.1 Å². The van der Waals surface area contributed by atoms with Crippen LogP contribution in [0, 0.1) is 0 Å². The van der Waals surface area contributed by atoms with E-state index in [4.69, 9.17) is 4.74 Å². The lowest BCUT2D eigenvalue weighted by Gasteiger charge is -2.09. The van der Waals surface area contributed by atoms with Crippen molar-refractivity contribution in [2.75, 3.05) is 0 Å². The van der Waals surface area contributed by atoms with Crippen molar-refractivity contribution in [2.45, 2.75) is 20.0 Å². The first-order valence-electron chi connectivity index (χ1n) is 5.50. The quantitative estimate of drug-likeness (QED) is 0.778. The first-order chi connectivity index (χ1) is 7.90. The molecule has 0 fully saturated rings. The highest BCUT2D eigenvalue weighted by Gasteiger charge is 2.01. The third-order valence-corrected chi connectivity index (χ3v) is 2.42. The standard InChI is InChI=1S/C14H15NO/c1-2-13-14(9-6-10-15-13)16-11-12-7-4-3-5-8-12/h3-10H,2,11H2,1H3. The van der Waals surface area contributed by atoms with Crippen LogP contribution in [0.3, 0.4) is 0 Å². The molecule has 82 valence electrons. The molecule has 0 atom stereocenters. The highest BCUT2D eigenvalue weighted by atomic mass is 16.5. The Morgan fingerprint density at radius 2 is 1.88 bits per heavy atom. The molecule has 0 unspecified atom stereocenters. The monoisotopic (exact) mass is 213 g/mol. The van der Waals surface area contributed by atoms with Crippen LogP contribution >= 0.6 is 0 Å². The van der Waals surface area contributed by atoms with E-state index in [1.165, 1.54) is 5.56 Å². The van der Waals surface area contributed by atoms with Crippen molar-refractivity contribution in [3.05, 3.63) is 59.9 Å². The van der Waals surface area contributed by atoms with E-state index in [0.717, 1.165) is 17.9 Å². The molecule has 0 radical (unpaired) electrons. The number of aryl methyl sites for hydroxylation is 1. The molecule has 2 aromatic rings. The second kappa shape index (κ2) is 5.31. The molecule has 1 aromatic heterocycles. The lowest BCUT2D eigenvalue weighted by Crippen LogP contribution is -1.99. The molecule has 16 heavy (non-hydrogen) atoms. The van der Waals surface area contributed by atoms with E-state index < -0.39 is 0 Å². The van der Waals surface area contributed by atoms with Crippen LogP contribution in [0.1, 0.15) is 18.2 Å². The van der Waals surface area contributed by atoms with E-state index in [1.807, 2.05) is 30.3 Å². The van der Waals surface area contributed by atoms with Crippen LogP contribution in [0.2, 0.25) is 0 Å². The van der Waals surface area contributed by atoms with Crippen LogP contribution in [0.25, 0.3) is 0 Å². The van der Waals surface area contributed by atoms with E-state index in [1.54, 1.807) is 6.20 Å². The van der Waals surface area contributed by atoms with Gasteiger partial charge in [-0.15, -0.1) is 0 Å². The fourth-order valence-electron chi connectivity index (χ4n) is 1.56. The summed E-state index contributed by atoms with van der Waals surface area (Å²) in [5, 5.41) is 0. The summed E-state index contributed by atoms with van der Waals surface area (Å²) in [6, 6.07) is 14.0. The summed E-state index contributed by atoms with van der Waals surface area (Å²) in [7, 11) is 0. The predicted molar refractivity (Wildman–Crippen MR) is 64.4 cm³/mol. The Balaban J connectivity index is 2.05. The minimum atomic E-state index is 0.597. The zero-order valence-corrected chi connectivity index (χ0v) is 9.39. The number of rotatable bonds is 4. The van der Waals surface area contributed by atoms with Crippen molar-refractivity contribution in [2.24, 2.45) is 0 Å². The third kappa shape index (κ3) is 2.60. The molecule has 0 saturated carbocycles. The largest absolute Gasteiger partial charge is 0.487 e. The Hall–Kier alpha value is -1.83. The van der Waals surface area contributed by atoms with Gasteiger partial charge in [0.2, 0.25) is 0 Å². The van der Waals surface area contributed by atoms with Gasteiger partial charge < -0.3 is 4.74 Å². The SMILES string of the molecule is CCc1ncccc1OCc1ccccc1. The first kappa shape index (κ1) is 10.7. The molecule has 0 amide bonds. The van der Waals surface area contributed by atoms with Crippen molar-refractivity contribution in [1.82, 2.24) is 4.98 Å². The molecule has 0 aliphatic heterocycles. The van der Waals surface area contributed by atoms with Gasteiger partial charge in [0.05, 0.1) is 5.69 Å². The number of hydrogen-bond donors (Lipinski definition) is 0. The summed E-state index contributed by atoms with van der Waals surface area (Å²) in [4.78, 5) is 4.28. The molecule has 2 nitrogen and oxygen atoms in total. The minimum absolute atomic E-state index is 0.597. The molecule has 2 heteroatoms. The van der Waals surface area contributed by atoms with E-state index in [0.29, 0.717) is 6.61 Å². The van der Waals surface area contributed by atoms with Crippen LogP contribution in [-0.2, 0) is 13.0 Å². The molecular weight excluding hydrogens is 198 g/mol. The van der Waals surface area contributed by atoms with Crippen LogP contribution < -0.4 is 4.74 Å². The fraction of sp³-hybridized carbons (Fsp3) is 0.214. The highest BCUT2D eigenvalue weighted by Crippen LogP contribution is 2.17. The molecular formula is C14H15NO. The highest BCUT2D eigenvalue weighted by molar-refractivity contribution is 5.27. The van der Waals surface area contributed by atoms with E-state index in [9.17, 15) is 0 Å². The Morgan fingerprint density at radius 3 is 2.62 bits per heavy atom. The Morgan fingerprint density at radius 1 is 1.06 bits per heavy atom. The van der Waals surface area contributed by atoms with Gasteiger partial charge in [0, 0.05) is 6.20 Å². The lowest BCUT2D eigenvalue weighted by atomic mass is 10.2. The van der Waals surface area contributed by atoms with Crippen molar-refractivity contribution in [1.29, 1.82) is 0 Å². The molecule has 2 rings (SSSR count). The second-order valence-electron chi connectivity index (χ2n) is 3.58. The van der Waals surface area contributed by atoms with Gasteiger partial charge in [0.25, 0.3) is 0 Å². The maximum Gasteiger partial charge on any atom is 0.141 e. The summed E-state index contributed by atoms with van der Waals surface area (Å²) in [6.07, 6.45) is 2.69. The van der Waals surface area contributed by atoms with Crippen molar-refractivity contribution in [3.8, 4) is 5.75 Å². The Kier molecular flexibility index (Phi) is 3.54. The molecule has 1 heterocycles. The van der Waals surface area contributed by atoms with Crippen molar-refractivity contribution in [3.63, 3.8) is 0 Å². The molecule has 1 aromatic carbocycles. The topological polar surface area (TPSA) is 22.1 Å². The van der Waals surface area contributed by atoms with Gasteiger partial charge >= 0.3 is 0 Å². The predicted octanol–water partition coefficient (Wildman–Crippen LogP) is 3.22. The van der Waals surface area contributed by atoms with Crippen LogP contribution in [0.15, 0.2) is 48.7 Å². The summed E-state index contributed by atoms with van der Waals surface area (Å²) >= 11 is 0. The molecule has 0 aliphatic rings. The maximum atomic E-state index is 5.75. The zero-order valence-electron chi connectivity index (χ0n) is 9.39. The Bertz CT molecular complexity index is 439. The number of benzene rings is 1. The molecule has 0 saturated heterocycles. The van der Waals surface area contributed by atoms with Gasteiger partial charge in [0.15, 0.2) is 0 Å². The molecule has 0 bridgehead atoms. The van der Waals surface area contributed by atoms with E-state index in [-0.39, 0.29) is 0 Å². The van der Waals surface area contributed by atoms with Gasteiger partial charge in [-0.3, -0.25) is 4.98 Å². The number of ether oxygens (including phenoxy) is 1.